The fraction of sp³-hybridized carbons (Fsp3) is 0.227. The molecule has 1 aliphatic heterocycles. The van der Waals surface area contributed by atoms with Crippen LogP contribution in [0.1, 0.15) is 18.7 Å². The third-order valence-electron chi connectivity index (χ3n) is 5.42. The van der Waals surface area contributed by atoms with Crippen LogP contribution in [0.5, 0.6) is 0 Å². The highest BCUT2D eigenvalue weighted by atomic mass is 16.2. The normalized spacial score (nSPS) is 16.1. The number of hydrogen-bond acceptors (Lipinski definition) is 6. The summed E-state index contributed by atoms with van der Waals surface area (Å²) in [6.07, 6.45) is 4.95. The number of nitrogens with one attached hydrogen (secondary N) is 1. The SMILES string of the molecule is O=C(NCc1nncn1-c1ccccc1)C1CCCN1c1ncnc2ccccc12. The van der Waals surface area contributed by atoms with Crippen molar-refractivity contribution in [3.05, 3.63) is 73.1 Å². The lowest BCUT2D eigenvalue weighted by molar-refractivity contribution is -0.122. The third-order valence-corrected chi connectivity index (χ3v) is 5.42. The number of aromatic nitrogens is 5. The maximum atomic E-state index is 13.1. The lowest BCUT2D eigenvalue weighted by Crippen LogP contribution is -2.43. The van der Waals surface area contributed by atoms with E-state index in [9.17, 15) is 4.79 Å². The van der Waals surface area contributed by atoms with Gasteiger partial charge in [-0.2, -0.15) is 0 Å². The molecule has 0 spiro atoms. The van der Waals surface area contributed by atoms with E-state index >= 15 is 0 Å². The monoisotopic (exact) mass is 399 g/mol. The molecule has 150 valence electrons. The fourth-order valence-electron chi connectivity index (χ4n) is 3.98. The van der Waals surface area contributed by atoms with Gasteiger partial charge in [-0.1, -0.05) is 30.3 Å². The van der Waals surface area contributed by atoms with Crippen molar-refractivity contribution in [1.82, 2.24) is 30.0 Å². The van der Waals surface area contributed by atoms with E-state index in [1.54, 1.807) is 12.7 Å². The number of carbonyl (C=O) groups excluding carboxylic acids is 1. The molecule has 1 saturated heterocycles. The highest BCUT2D eigenvalue weighted by Gasteiger charge is 2.32. The number of amides is 1. The summed E-state index contributed by atoms with van der Waals surface area (Å²) >= 11 is 0. The van der Waals surface area contributed by atoms with E-state index in [4.69, 9.17) is 0 Å². The van der Waals surface area contributed by atoms with Gasteiger partial charge in [-0.3, -0.25) is 9.36 Å². The zero-order valence-corrected chi connectivity index (χ0v) is 16.3. The van der Waals surface area contributed by atoms with Crippen LogP contribution in [0.15, 0.2) is 67.3 Å². The Bertz CT molecular complexity index is 1170. The molecule has 0 saturated carbocycles. The van der Waals surface area contributed by atoms with Crippen LogP contribution in [0.2, 0.25) is 0 Å². The Morgan fingerprint density at radius 2 is 1.90 bits per heavy atom. The molecule has 1 amide bonds. The van der Waals surface area contributed by atoms with Gasteiger partial charge in [-0.05, 0) is 37.1 Å². The first kappa shape index (κ1) is 18.2. The minimum Gasteiger partial charge on any atom is -0.347 e. The van der Waals surface area contributed by atoms with Gasteiger partial charge < -0.3 is 10.2 Å². The maximum Gasteiger partial charge on any atom is 0.243 e. The van der Waals surface area contributed by atoms with Crippen LogP contribution < -0.4 is 10.2 Å². The quantitative estimate of drug-likeness (QED) is 0.555. The van der Waals surface area contributed by atoms with Gasteiger partial charge in [0.25, 0.3) is 0 Å². The van der Waals surface area contributed by atoms with Crippen LogP contribution in [0, 0.1) is 0 Å². The summed E-state index contributed by atoms with van der Waals surface area (Å²) in [6, 6.07) is 17.5. The zero-order chi connectivity index (χ0) is 20.3. The number of para-hydroxylation sites is 2. The Labute approximate surface area is 173 Å². The molecule has 30 heavy (non-hydrogen) atoms. The number of carbonyl (C=O) groups is 1. The molecule has 1 N–H and O–H groups in total. The van der Waals surface area contributed by atoms with Gasteiger partial charge in [-0.15, -0.1) is 10.2 Å². The van der Waals surface area contributed by atoms with Crippen molar-refractivity contribution in [1.29, 1.82) is 0 Å². The van der Waals surface area contributed by atoms with Crippen LogP contribution in [-0.2, 0) is 11.3 Å². The molecule has 1 aliphatic rings. The average Bonchev–Trinajstić information content (AvgIpc) is 3.47. The van der Waals surface area contributed by atoms with Crippen LogP contribution >= 0.6 is 0 Å². The van der Waals surface area contributed by atoms with Crippen molar-refractivity contribution in [2.45, 2.75) is 25.4 Å². The van der Waals surface area contributed by atoms with E-state index < -0.39 is 0 Å². The Hall–Kier alpha value is -3.81. The minimum absolute atomic E-state index is 0.0298. The van der Waals surface area contributed by atoms with Gasteiger partial charge in [-0.25, -0.2) is 9.97 Å². The molecular formula is C22H21N7O. The molecule has 2 aromatic carbocycles. The lowest BCUT2D eigenvalue weighted by Gasteiger charge is -2.25. The molecule has 1 atom stereocenters. The molecule has 0 radical (unpaired) electrons. The highest BCUT2D eigenvalue weighted by molar-refractivity contribution is 5.93. The highest BCUT2D eigenvalue weighted by Crippen LogP contribution is 2.29. The van der Waals surface area contributed by atoms with E-state index in [2.05, 4.69) is 30.4 Å². The molecule has 1 fully saturated rings. The number of rotatable bonds is 5. The van der Waals surface area contributed by atoms with Gasteiger partial charge in [0, 0.05) is 17.6 Å². The first-order valence-electron chi connectivity index (χ1n) is 10.00. The van der Waals surface area contributed by atoms with Crippen molar-refractivity contribution in [2.24, 2.45) is 0 Å². The summed E-state index contributed by atoms with van der Waals surface area (Å²) in [7, 11) is 0. The molecule has 2 aromatic heterocycles. The van der Waals surface area contributed by atoms with E-state index in [-0.39, 0.29) is 11.9 Å². The molecule has 0 bridgehead atoms. The first-order chi connectivity index (χ1) is 14.8. The molecule has 8 nitrogen and oxygen atoms in total. The number of fused-ring (bicyclic) bond motifs is 1. The van der Waals surface area contributed by atoms with Gasteiger partial charge in [0.05, 0.1) is 12.1 Å². The number of anilines is 1. The minimum atomic E-state index is -0.267. The van der Waals surface area contributed by atoms with Gasteiger partial charge in [0.1, 0.15) is 24.5 Å². The van der Waals surface area contributed by atoms with Crippen molar-refractivity contribution in [3.8, 4) is 5.69 Å². The van der Waals surface area contributed by atoms with Gasteiger partial charge >= 0.3 is 0 Å². The largest absolute Gasteiger partial charge is 0.347 e. The standard InChI is InChI=1S/C22H21N7O/c30-22(23-13-20-27-26-15-29(20)16-7-2-1-3-8-16)19-11-6-12-28(19)21-17-9-4-5-10-18(17)24-14-25-21/h1-5,7-10,14-15,19H,6,11-13H2,(H,23,30). The first-order valence-corrected chi connectivity index (χ1v) is 10.00. The Balaban J connectivity index is 1.34. The number of nitrogens with zero attached hydrogens (tertiary/aromatic N) is 6. The van der Waals surface area contributed by atoms with Gasteiger partial charge in [0.2, 0.25) is 5.91 Å². The third kappa shape index (κ3) is 3.36. The Morgan fingerprint density at radius 1 is 1.07 bits per heavy atom. The second-order valence-corrected chi connectivity index (χ2v) is 7.24. The topological polar surface area (TPSA) is 88.8 Å². The van der Waals surface area contributed by atoms with Crippen molar-refractivity contribution in [3.63, 3.8) is 0 Å². The molecular weight excluding hydrogens is 378 g/mol. The van der Waals surface area contributed by atoms with Crippen molar-refractivity contribution < 1.29 is 4.79 Å². The predicted octanol–water partition coefficient (Wildman–Crippen LogP) is 2.50. The van der Waals surface area contributed by atoms with Crippen LogP contribution in [0.25, 0.3) is 16.6 Å². The fourth-order valence-corrected chi connectivity index (χ4v) is 3.98. The molecule has 0 aliphatic carbocycles. The Morgan fingerprint density at radius 3 is 2.80 bits per heavy atom. The summed E-state index contributed by atoms with van der Waals surface area (Å²) in [4.78, 5) is 24.0. The molecule has 3 heterocycles. The average molecular weight is 399 g/mol. The number of hydrogen-bond donors (Lipinski definition) is 1. The summed E-state index contributed by atoms with van der Waals surface area (Å²) < 4.78 is 1.88. The zero-order valence-electron chi connectivity index (χ0n) is 16.3. The Kier molecular flexibility index (Phi) is 4.80. The molecule has 1 unspecified atom stereocenters. The van der Waals surface area contributed by atoms with E-state index in [1.807, 2.05) is 59.2 Å². The van der Waals surface area contributed by atoms with Gasteiger partial charge in [0.15, 0.2) is 5.82 Å². The summed E-state index contributed by atoms with van der Waals surface area (Å²) in [5.41, 5.74) is 1.84. The second-order valence-electron chi connectivity index (χ2n) is 7.24. The van der Waals surface area contributed by atoms with Crippen LogP contribution in [-0.4, -0.2) is 43.2 Å². The lowest BCUT2D eigenvalue weighted by atomic mass is 10.2. The van der Waals surface area contributed by atoms with Crippen LogP contribution in [0.3, 0.4) is 0 Å². The number of benzene rings is 2. The van der Waals surface area contributed by atoms with Crippen LogP contribution in [0.4, 0.5) is 5.82 Å². The molecule has 8 heteroatoms. The maximum absolute atomic E-state index is 13.1. The molecule has 5 rings (SSSR count). The van der Waals surface area contributed by atoms with E-state index in [0.717, 1.165) is 41.8 Å². The summed E-state index contributed by atoms with van der Waals surface area (Å²) in [5.74, 6) is 1.47. The smallest absolute Gasteiger partial charge is 0.243 e. The summed E-state index contributed by atoms with van der Waals surface area (Å²) in [5, 5.41) is 12.2. The van der Waals surface area contributed by atoms with E-state index in [1.165, 1.54) is 0 Å². The predicted molar refractivity (Wildman–Crippen MR) is 113 cm³/mol. The molecule has 4 aromatic rings. The summed E-state index contributed by atoms with van der Waals surface area (Å²) in [6.45, 7) is 1.10. The van der Waals surface area contributed by atoms with E-state index in [0.29, 0.717) is 12.4 Å². The van der Waals surface area contributed by atoms with Crippen molar-refractivity contribution in [2.75, 3.05) is 11.4 Å². The second kappa shape index (κ2) is 7.90. The van der Waals surface area contributed by atoms with Crippen molar-refractivity contribution >= 4 is 22.6 Å².